The van der Waals surface area contributed by atoms with E-state index < -0.39 is 0 Å². The molecule has 29 heavy (non-hydrogen) atoms. The number of anilines is 2. The molecule has 2 aromatic rings. The molecule has 1 aliphatic rings. The van der Waals surface area contributed by atoms with Crippen molar-refractivity contribution in [2.45, 2.75) is 31.1 Å². The third-order valence-corrected chi connectivity index (χ3v) is 6.31. The molecule has 0 bridgehead atoms. The van der Waals surface area contributed by atoms with Gasteiger partial charge < -0.3 is 16.0 Å². The third-order valence-electron chi connectivity index (χ3n) is 5.17. The molecule has 0 radical (unpaired) electrons. The summed E-state index contributed by atoms with van der Waals surface area (Å²) in [5.41, 5.74) is 8.21. The molecular formula is C21H28N6OS. The molecule has 8 heteroatoms. The lowest BCUT2D eigenvalue weighted by Gasteiger charge is -2.33. The summed E-state index contributed by atoms with van der Waals surface area (Å²) >= 11 is 1.89. The number of nitrogens with zero attached hydrogens (tertiary/aromatic N) is 2. The van der Waals surface area contributed by atoms with E-state index in [1.54, 1.807) is 12.3 Å². The first-order valence-electron chi connectivity index (χ1n) is 9.72. The number of hydrogen-bond acceptors (Lipinski definition) is 5. The van der Waals surface area contributed by atoms with Crippen molar-refractivity contribution >= 4 is 35.1 Å². The summed E-state index contributed by atoms with van der Waals surface area (Å²) in [6.45, 7) is 3.62. The molecule has 1 fully saturated rings. The van der Waals surface area contributed by atoms with Gasteiger partial charge in [-0.3, -0.25) is 10.7 Å². The van der Waals surface area contributed by atoms with Crippen molar-refractivity contribution in [3.63, 3.8) is 0 Å². The Morgan fingerprint density at radius 3 is 2.62 bits per heavy atom. The molecule has 0 saturated carbocycles. The predicted octanol–water partition coefficient (Wildman–Crippen LogP) is 3.70. The van der Waals surface area contributed by atoms with Crippen LogP contribution in [0.3, 0.4) is 0 Å². The number of carbonyl (C=O) groups is 1. The second-order valence-corrected chi connectivity index (χ2v) is 8.30. The highest BCUT2D eigenvalue weighted by Crippen LogP contribution is 2.24. The van der Waals surface area contributed by atoms with Crippen LogP contribution in [0, 0.1) is 5.41 Å². The number of aromatic nitrogens is 1. The third kappa shape index (κ3) is 5.41. The molecule has 0 spiro atoms. The maximum atomic E-state index is 12.3. The number of hydrogen-bond donors (Lipinski definition) is 4. The first-order valence-corrected chi connectivity index (χ1v) is 11.0. The number of likely N-dealkylation sites (tertiary alicyclic amines) is 1. The Hall–Kier alpha value is -2.74. The van der Waals surface area contributed by atoms with E-state index in [1.165, 1.54) is 0 Å². The SMILES string of the molecule is CSC1CCN(C(=N)c2cnc(NC(=O)NC(C)c3ccccc3)cc2N)CC1. The van der Waals surface area contributed by atoms with Gasteiger partial charge >= 0.3 is 6.03 Å². The highest BCUT2D eigenvalue weighted by molar-refractivity contribution is 7.99. The lowest BCUT2D eigenvalue weighted by molar-refractivity contribution is 0.249. The maximum absolute atomic E-state index is 12.3. The number of thioether (sulfide) groups is 1. The summed E-state index contributed by atoms with van der Waals surface area (Å²) < 4.78 is 0. The van der Waals surface area contributed by atoms with Gasteiger partial charge in [-0.25, -0.2) is 9.78 Å². The largest absolute Gasteiger partial charge is 0.398 e. The van der Waals surface area contributed by atoms with E-state index in [9.17, 15) is 4.79 Å². The monoisotopic (exact) mass is 412 g/mol. The van der Waals surface area contributed by atoms with Crippen molar-refractivity contribution in [3.05, 3.63) is 53.7 Å². The topological polar surface area (TPSA) is 107 Å². The molecule has 1 aromatic carbocycles. The quantitative estimate of drug-likeness (QED) is 0.442. The Balaban J connectivity index is 1.59. The van der Waals surface area contributed by atoms with E-state index >= 15 is 0 Å². The van der Waals surface area contributed by atoms with Crippen LogP contribution in [0.15, 0.2) is 42.6 Å². The van der Waals surface area contributed by atoms with Crippen molar-refractivity contribution in [2.75, 3.05) is 30.4 Å². The van der Waals surface area contributed by atoms with Crippen LogP contribution >= 0.6 is 11.8 Å². The maximum Gasteiger partial charge on any atom is 0.320 e. The van der Waals surface area contributed by atoms with Crippen LogP contribution in [-0.4, -0.2) is 46.3 Å². The van der Waals surface area contributed by atoms with Crippen LogP contribution < -0.4 is 16.4 Å². The van der Waals surface area contributed by atoms with Crippen molar-refractivity contribution < 1.29 is 4.79 Å². The Kier molecular flexibility index (Phi) is 6.98. The van der Waals surface area contributed by atoms with Gasteiger partial charge in [-0.05, 0) is 31.6 Å². The summed E-state index contributed by atoms with van der Waals surface area (Å²) in [6, 6.07) is 10.8. The fourth-order valence-corrected chi connectivity index (χ4v) is 4.08. The van der Waals surface area contributed by atoms with Gasteiger partial charge in [0.2, 0.25) is 0 Å². The number of amidine groups is 1. The van der Waals surface area contributed by atoms with Gasteiger partial charge in [-0.1, -0.05) is 30.3 Å². The van der Waals surface area contributed by atoms with Crippen molar-refractivity contribution in [1.29, 1.82) is 5.41 Å². The molecule has 0 aliphatic carbocycles. The Bertz CT molecular complexity index is 852. The number of amides is 2. The van der Waals surface area contributed by atoms with Crippen molar-refractivity contribution in [1.82, 2.24) is 15.2 Å². The fourth-order valence-electron chi connectivity index (χ4n) is 3.40. The number of nitrogen functional groups attached to an aromatic ring is 1. The van der Waals surface area contributed by atoms with Gasteiger partial charge in [0.15, 0.2) is 0 Å². The molecule has 1 atom stereocenters. The molecule has 7 nitrogen and oxygen atoms in total. The number of rotatable bonds is 5. The van der Waals surface area contributed by atoms with Gasteiger partial charge in [0.25, 0.3) is 0 Å². The zero-order valence-corrected chi connectivity index (χ0v) is 17.6. The number of benzene rings is 1. The standard InChI is InChI=1S/C21H28N6OS/c1-14(15-6-4-3-5-7-15)25-21(28)26-19-12-18(22)17(13-24-19)20(23)27-10-8-16(29-2)9-11-27/h3-7,12-14,16,23H,8-11H2,1-2H3,(H4,22,24,25,26,28). The molecule has 154 valence electrons. The van der Waals surface area contributed by atoms with Gasteiger partial charge in [0, 0.05) is 36.3 Å². The molecule has 2 heterocycles. The summed E-state index contributed by atoms with van der Waals surface area (Å²) in [5.74, 6) is 0.751. The Morgan fingerprint density at radius 2 is 2.00 bits per heavy atom. The second-order valence-electron chi connectivity index (χ2n) is 7.16. The average molecular weight is 413 g/mol. The van der Waals surface area contributed by atoms with Gasteiger partial charge in [-0.2, -0.15) is 11.8 Å². The molecule has 3 rings (SSSR count). The normalized spacial score (nSPS) is 15.6. The number of carbonyl (C=O) groups excluding carboxylic acids is 1. The number of urea groups is 1. The minimum absolute atomic E-state index is 0.134. The van der Waals surface area contributed by atoms with Crippen LogP contribution in [0.25, 0.3) is 0 Å². The first kappa shape index (κ1) is 21.0. The van der Waals surface area contributed by atoms with Crippen molar-refractivity contribution in [2.24, 2.45) is 0 Å². The lowest BCUT2D eigenvalue weighted by Crippen LogP contribution is -2.39. The van der Waals surface area contributed by atoms with E-state index in [0.717, 1.165) is 31.5 Å². The van der Waals surface area contributed by atoms with Gasteiger partial charge in [-0.15, -0.1) is 0 Å². The smallest absolute Gasteiger partial charge is 0.320 e. The summed E-state index contributed by atoms with van der Waals surface area (Å²) in [4.78, 5) is 18.6. The van der Waals surface area contributed by atoms with Crippen molar-refractivity contribution in [3.8, 4) is 0 Å². The Morgan fingerprint density at radius 1 is 1.31 bits per heavy atom. The van der Waals surface area contributed by atoms with E-state index in [4.69, 9.17) is 11.1 Å². The Labute approximate surface area is 176 Å². The number of pyridine rings is 1. The molecular weight excluding hydrogens is 384 g/mol. The highest BCUT2D eigenvalue weighted by atomic mass is 32.2. The van der Waals surface area contributed by atoms with Gasteiger partial charge in [0.05, 0.1) is 11.6 Å². The summed E-state index contributed by atoms with van der Waals surface area (Å²) in [5, 5.41) is 14.7. The number of nitrogens with one attached hydrogen (secondary N) is 3. The fraction of sp³-hybridized carbons (Fsp3) is 0.381. The second kappa shape index (κ2) is 9.65. The number of nitrogens with two attached hydrogens (primary N) is 1. The summed E-state index contributed by atoms with van der Waals surface area (Å²) in [6.07, 6.45) is 5.83. The van der Waals surface area contributed by atoms with Crippen LogP contribution in [-0.2, 0) is 0 Å². The molecule has 5 N–H and O–H groups in total. The predicted molar refractivity (Wildman–Crippen MR) is 121 cm³/mol. The van der Waals surface area contributed by atoms with E-state index in [1.807, 2.05) is 53.9 Å². The molecule has 1 aromatic heterocycles. The van der Waals surface area contributed by atoms with Crippen LogP contribution in [0.1, 0.15) is 36.9 Å². The highest BCUT2D eigenvalue weighted by Gasteiger charge is 2.22. The van der Waals surface area contributed by atoms with E-state index in [2.05, 4.69) is 21.9 Å². The van der Waals surface area contributed by atoms with Crippen LogP contribution in [0.5, 0.6) is 0 Å². The van der Waals surface area contributed by atoms with E-state index in [0.29, 0.717) is 28.2 Å². The molecule has 2 amide bonds. The van der Waals surface area contributed by atoms with Crippen LogP contribution in [0.4, 0.5) is 16.3 Å². The first-order chi connectivity index (χ1) is 14.0. The molecule has 1 aliphatic heterocycles. The number of piperidine rings is 1. The minimum atomic E-state index is -0.352. The molecule has 1 unspecified atom stereocenters. The van der Waals surface area contributed by atoms with E-state index in [-0.39, 0.29) is 12.1 Å². The average Bonchev–Trinajstić information content (AvgIpc) is 2.74. The molecule has 1 saturated heterocycles. The minimum Gasteiger partial charge on any atom is -0.398 e. The van der Waals surface area contributed by atoms with Crippen LogP contribution in [0.2, 0.25) is 0 Å². The lowest BCUT2D eigenvalue weighted by atomic mass is 10.1. The zero-order chi connectivity index (χ0) is 20.8. The zero-order valence-electron chi connectivity index (χ0n) is 16.8. The van der Waals surface area contributed by atoms with Gasteiger partial charge in [0.1, 0.15) is 11.7 Å². The summed E-state index contributed by atoms with van der Waals surface area (Å²) in [7, 11) is 0.